The number of hydrogen-bond donors (Lipinski definition) is 2. The molecule has 26 heavy (non-hydrogen) atoms. The molecule has 1 aromatic carbocycles. The van der Waals surface area contributed by atoms with Crippen molar-refractivity contribution in [1.82, 2.24) is 20.5 Å². The summed E-state index contributed by atoms with van der Waals surface area (Å²) in [5.41, 5.74) is 1.81. The Kier molecular flexibility index (Phi) is 6.44. The number of aromatic amines is 1. The standard InChI is InChI=1S/C19H23FN4OS/c1-13(18(25)21-12-11-14-7-3-2-4-8-14)26-19-22-17(23-24-19)15-9-5-6-10-16(15)20/h5-7,9-10,13H,2-4,8,11-12H2,1H3,(H,21,25)(H,22,23,24). The summed E-state index contributed by atoms with van der Waals surface area (Å²) in [6.07, 6.45) is 8.05. The number of rotatable bonds is 7. The van der Waals surface area contributed by atoms with Crippen LogP contribution in [0, 0.1) is 5.82 Å². The van der Waals surface area contributed by atoms with Gasteiger partial charge in [-0.3, -0.25) is 9.89 Å². The van der Waals surface area contributed by atoms with Crippen molar-refractivity contribution in [1.29, 1.82) is 0 Å². The number of H-pyrrole nitrogens is 1. The third kappa shape index (κ3) is 4.94. The summed E-state index contributed by atoms with van der Waals surface area (Å²) < 4.78 is 13.8. The van der Waals surface area contributed by atoms with Gasteiger partial charge in [0.15, 0.2) is 5.82 Å². The number of nitrogens with one attached hydrogen (secondary N) is 2. The smallest absolute Gasteiger partial charge is 0.233 e. The number of halogens is 1. The highest BCUT2D eigenvalue weighted by Gasteiger charge is 2.18. The fourth-order valence-electron chi connectivity index (χ4n) is 2.91. The SMILES string of the molecule is CC(Sc1n[nH]c(-c2ccccc2F)n1)C(=O)NCCC1=CCCCC1. The fraction of sp³-hybridized carbons (Fsp3) is 0.421. The molecular formula is C19H23FN4OS. The maximum atomic E-state index is 13.8. The third-order valence-electron chi connectivity index (χ3n) is 4.38. The molecule has 138 valence electrons. The Morgan fingerprint density at radius 1 is 1.38 bits per heavy atom. The van der Waals surface area contributed by atoms with Gasteiger partial charge in [-0.1, -0.05) is 35.5 Å². The number of amides is 1. The zero-order valence-corrected chi connectivity index (χ0v) is 15.6. The molecule has 0 saturated carbocycles. The van der Waals surface area contributed by atoms with Crippen LogP contribution in [0.1, 0.15) is 39.0 Å². The lowest BCUT2D eigenvalue weighted by Gasteiger charge is -2.14. The largest absolute Gasteiger partial charge is 0.355 e. The van der Waals surface area contributed by atoms with Crippen LogP contribution >= 0.6 is 11.8 Å². The molecule has 1 heterocycles. The zero-order valence-electron chi connectivity index (χ0n) is 14.8. The molecule has 0 aliphatic heterocycles. The van der Waals surface area contributed by atoms with E-state index in [2.05, 4.69) is 26.6 Å². The topological polar surface area (TPSA) is 70.7 Å². The molecule has 1 aromatic heterocycles. The molecule has 2 aromatic rings. The number of benzene rings is 1. The van der Waals surface area contributed by atoms with Crippen LogP contribution in [0.3, 0.4) is 0 Å². The summed E-state index contributed by atoms with van der Waals surface area (Å²) in [6.45, 7) is 2.48. The Balaban J connectivity index is 1.50. The second-order valence-corrected chi connectivity index (χ2v) is 7.66. The highest BCUT2D eigenvalue weighted by Crippen LogP contribution is 2.24. The van der Waals surface area contributed by atoms with E-state index in [9.17, 15) is 9.18 Å². The lowest BCUT2D eigenvalue weighted by molar-refractivity contribution is -0.120. The van der Waals surface area contributed by atoms with E-state index in [0.29, 0.717) is 23.1 Å². The fourth-order valence-corrected chi connectivity index (χ4v) is 3.66. The molecule has 1 unspecified atom stereocenters. The van der Waals surface area contributed by atoms with E-state index in [-0.39, 0.29) is 17.0 Å². The molecule has 7 heteroatoms. The minimum absolute atomic E-state index is 0.0383. The molecule has 0 bridgehead atoms. The van der Waals surface area contributed by atoms with Crippen molar-refractivity contribution in [2.24, 2.45) is 0 Å². The van der Waals surface area contributed by atoms with Crippen LogP contribution in [-0.4, -0.2) is 32.9 Å². The van der Waals surface area contributed by atoms with Crippen LogP contribution in [0.15, 0.2) is 41.1 Å². The van der Waals surface area contributed by atoms with Gasteiger partial charge in [0.1, 0.15) is 5.82 Å². The monoisotopic (exact) mass is 374 g/mol. The molecule has 2 N–H and O–H groups in total. The molecular weight excluding hydrogens is 351 g/mol. The van der Waals surface area contributed by atoms with Crippen molar-refractivity contribution in [2.45, 2.75) is 49.4 Å². The normalized spacial score (nSPS) is 15.4. The Labute approximate surface area is 156 Å². The van der Waals surface area contributed by atoms with Gasteiger partial charge in [0.05, 0.1) is 10.8 Å². The predicted octanol–water partition coefficient (Wildman–Crippen LogP) is 4.10. The van der Waals surface area contributed by atoms with Crippen LogP contribution in [0.25, 0.3) is 11.4 Å². The first-order valence-electron chi connectivity index (χ1n) is 8.93. The third-order valence-corrected chi connectivity index (χ3v) is 5.34. The molecule has 1 aliphatic carbocycles. The second kappa shape index (κ2) is 8.98. The van der Waals surface area contributed by atoms with Crippen molar-refractivity contribution < 1.29 is 9.18 Å². The first-order valence-corrected chi connectivity index (χ1v) is 9.81. The van der Waals surface area contributed by atoms with Crippen molar-refractivity contribution in [3.8, 4) is 11.4 Å². The molecule has 3 rings (SSSR count). The Bertz CT molecular complexity index is 789. The van der Waals surface area contributed by atoms with E-state index < -0.39 is 0 Å². The van der Waals surface area contributed by atoms with E-state index in [0.717, 1.165) is 19.3 Å². The highest BCUT2D eigenvalue weighted by molar-refractivity contribution is 8.00. The summed E-state index contributed by atoms with van der Waals surface area (Å²) in [5, 5.41) is 9.90. The highest BCUT2D eigenvalue weighted by atomic mass is 32.2. The molecule has 1 amide bonds. The summed E-state index contributed by atoms with van der Waals surface area (Å²) in [7, 11) is 0. The molecule has 0 spiro atoms. The van der Waals surface area contributed by atoms with E-state index in [1.54, 1.807) is 18.2 Å². The van der Waals surface area contributed by atoms with Gasteiger partial charge in [-0.05, 0) is 51.2 Å². The Morgan fingerprint density at radius 3 is 3.00 bits per heavy atom. The van der Waals surface area contributed by atoms with Gasteiger partial charge >= 0.3 is 0 Å². The van der Waals surface area contributed by atoms with E-state index >= 15 is 0 Å². The van der Waals surface area contributed by atoms with Gasteiger partial charge < -0.3 is 5.32 Å². The Morgan fingerprint density at radius 2 is 2.23 bits per heavy atom. The minimum Gasteiger partial charge on any atom is -0.355 e. The first kappa shape index (κ1) is 18.6. The van der Waals surface area contributed by atoms with Gasteiger partial charge in [-0.2, -0.15) is 0 Å². The quantitative estimate of drug-likeness (QED) is 0.565. The number of allylic oxidation sites excluding steroid dienone is 1. The summed E-state index contributed by atoms with van der Waals surface area (Å²) in [6, 6.07) is 6.38. The molecule has 0 saturated heterocycles. The summed E-state index contributed by atoms with van der Waals surface area (Å²) >= 11 is 1.26. The van der Waals surface area contributed by atoms with Crippen molar-refractivity contribution >= 4 is 17.7 Å². The number of thioether (sulfide) groups is 1. The second-order valence-electron chi connectivity index (χ2n) is 6.36. The number of carbonyl (C=O) groups excluding carboxylic acids is 1. The zero-order chi connectivity index (χ0) is 18.4. The van der Waals surface area contributed by atoms with Crippen LogP contribution in [0.2, 0.25) is 0 Å². The number of hydrogen-bond acceptors (Lipinski definition) is 4. The van der Waals surface area contributed by atoms with Crippen LogP contribution in [-0.2, 0) is 4.79 Å². The Hall–Kier alpha value is -2.15. The number of aromatic nitrogens is 3. The maximum absolute atomic E-state index is 13.8. The van der Waals surface area contributed by atoms with E-state index in [1.165, 1.54) is 36.2 Å². The lowest BCUT2D eigenvalue weighted by atomic mass is 9.97. The van der Waals surface area contributed by atoms with E-state index in [1.807, 2.05) is 6.92 Å². The minimum atomic E-state index is -0.358. The first-order chi connectivity index (χ1) is 12.6. The lowest BCUT2D eigenvalue weighted by Crippen LogP contribution is -2.32. The molecule has 1 atom stereocenters. The predicted molar refractivity (Wildman–Crippen MR) is 101 cm³/mol. The van der Waals surface area contributed by atoms with Crippen molar-refractivity contribution in [3.63, 3.8) is 0 Å². The molecule has 0 fully saturated rings. The average molecular weight is 374 g/mol. The molecule has 1 aliphatic rings. The van der Waals surface area contributed by atoms with E-state index in [4.69, 9.17) is 0 Å². The van der Waals surface area contributed by atoms with Crippen LogP contribution in [0.5, 0.6) is 0 Å². The van der Waals surface area contributed by atoms with Gasteiger partial charge in [0, 0.05) is 6.54 Å². The number of nitrogens with zero attached hydrogens (tertiary/aromatic N) is 2. The van der Waals surface area contributed by atoms with Crippen molar-refractivity contribution in [3.05, 3.63) is 41.7 Å². The van der Waals surface area contributed by atoms with Gasteiger partial charge in [-0.15, -0.1) is 5.10 Å². The number of carbonyl (C=O) groups is 1. The van der Waals surface area contributed by atoms with Crippen LogP contribution in [0.4, 0.5) is 4.39 Å². The average Bonchev–Trinajstić information content (AvgIpc) is 3.11. The summed E-state index contributed by atoms with van der Waals surface area (Å²) in [5.74, 6) is -0.0332. The van der Waals surface area contributed by atoms with Gasteiger partial charge in [0.25, 0.3) is 0 Å². The summed E-state index contributed by atoms with van der Waals surface area (Å²) in [4.78, 5) is 16.5. The maximum Gasteiger partial charge on any atom is 0.233 e. The van der Waals surface area contributed by atoms with Gasteiger partial charge in [-0.25, -0.2) is 9.37 Å². The molecule has 0 radical (unpaired) electrons. The van der Waals surface area contributed by atoms with Crippen LogP contribution < -0.4 is 5.32 Å². The van der Waals surface area contributed by atoms with Crippen molar-refractivity contribution in [2.75, 3.05) is 6.54 Å². The van der Waals surface area contributed by atoms with Gasteiger partial charge in [0.2, 0.25) is 11.1 Å². The molecule has 5 nitrogen and oxygen atoms in total.